The summed E-state index contributed by atoms with van der Waals surface area (Å²) in [6.45, 7) is 4.87. The molecular formula is C16H18FN5O2. The molecule has 1 aromatic carbocycles. The quantitative estimate of drug-likeness (QED) is 0.728. The largest absolute Gasteiger partial charge is 0.439 e. The molecule has 4 rings (SSSR count). The lowest BCUT2D eigenvalue weighted by Gasteiger charge is -2.36. The molecule has 0 radical (unpaired) electrons. The van der Waals surface area contributed by atoms with E-state index in [9.17, 15) is 4.39 Å². The van der Waals surface area contributed by atoms with Gasteiger partial charge in [0, 0.05) is 25.7 Å². The predicted octanol–water partition coefficient (Wildman–Crippen LogP) is 2.15. The molecule has 3 heterocycles. The lowest BCUT2D eigenvalue weighted by atomic mass is 10.2. The van der Waals surface area contributed by atoms with Crippen LogP contribution in [-0.2, 0) is 6.54 Å². The average Bonchev–Trinajstić information content (AvgIpc) is 3.14. The Morgan fingerprint density at radius 3 is 2.96 bits per heavy atom. The molecule has 2 aromatic heterocycles. The van der Waals surface area contributed by atoms with Crippen LogP contribution in [0.25, 0.3) is 11.1 Å². The van der Waals surface area contributed by atoms with Gasteiger partial charge in [0.1, 0.15) is 17.4 Å². The van der Waals surface area contributed by atoms with E-state index in [-0.39, 0.29) is 11.9 Å². The Bertz CT molecular complexity index is 861. The highest BCUT2D eigenvalue weighted by Gasteiger charge is 2.30. The minimum Gasteiger partial charge on any atom is -0.439 e. The molecule has 8 heteroatoms. The van der Waals surface area contributed by atoms with E-state index in [1.807, 2.05) is 14.0 Å². The summed E-state index contributed by atoms with van der Waals surface area (Å²) in [5.41, 5.74) is 1.15. The molecule has 1 aliphatic heterocycles. The second-order valence-electron chi connectivity index (χ2n) is 6.13. The van der Waals surface area contributed by atoms with Gasteiger partial charge in [0.25, 0.3) is 0 Å². The molecule has 0 amide bonds. The molecule has 1 aliphatic rings. The van der Waals surface area contributed by atoms with Crippen LogP contribution in [0.4, 0.5) is 4.39 Å². The number of aryl methyl sites for hydroxylation is 1. The fraction of sp³-hybridized carbons (Fsp3) is 0.438. The molecule has 1 saturated heterocycles. The van der Waals surface area contributed by atoms with E-state index < -0.39 is 0 Å². The Morgan fingerprint density at radius 1 is 1.29 bits per heavy atom. The van der Waals surface area contributed by atoms with E-state index in [0.717, 1.165) is 19.6 Å². The highest BCUT2D eigenvalue weighted by molar-refractivity contribution is 5.72. The predicted molar refractivity (Wildman–Crippen MR) is 83.7 cm³/mol. The Morgan fingerprint density at radius 2 is 2.17 bits per heavy atom. The van der Waals surface area contributed by atoms with Crippen LogP contribution in [0.15, 0.2) is 27.1 Å². The fourth-order valence-electron chi connectivity index (χ4n) is 3.00. The molecule has 0 saturated carbocycles. The van der Waals surface area contributed by atoms with Gasteiger partial charge in [0.15, 0.2) is 11.4 Å². The van der Waals surface area contributed by atoms with E-state index in [1.165, 1.54) is 12.1 Å². The van der Waals surface area contributed by atoms with Crippen LogP contribution in [0.5, 0.6) is 0 Å². The zero-order chi connectivity index (χ0) is 16.7. The number of oxazole rings is 1. The van der Waals surface area contributed by atoms with Crippen molar-refractivity contribution in [3.8, 4) is 0 Å². The molecule has 3 aromatic rings. The summed E-state index contributed by atoms with van der Waals surface area (Å²) in [6.07, 6.45) is 0. The third-order valence-corrected chi connectivity index (χ3v) is 4.31. The molecule has 0 bridgehead atoms. The SMILES string of the molecule is Cc1noc([C@@H]2CN(Cc3nc4cc(F)ccc4o3)CCN2C)n1. The van der Waals surface area contributed by atoms with Crippen LogP contribution in [0.3, 0.4) is 0 Å². The van der Waals surface area contributed by atoms with Crippen molar-refractivity contribution < 1.29 is 13.3 Å². The Hall–Kier alpha value is -2.32. The van der Waals surface area contributed by atoms with Crippen molar-refractivity contribution in [1.29, 1.82) is 0 Å². The summed E-state index contributed by atoms with van der Waals surface area (Å²) in [5, 5.41) is 3.87. The second-order valence-corrected chi connectivity index (χ2v) is 6.13. The average molecular weight is 331 g/mol. The summed E-state index contributed by atoms with van der Waals surface area (Å²) in [6, 6.07) is 4.41. The zero-order valence-corrected chi connectivity index (χ0v) is 13.6. The van der Waals surface area contributed by atoms with Gasteiger partial charge in [0.2, 0.25) is 11.8 Å². The van der Waals surface area contributed by atoms with Gasteiger partial charge in [-0.3, -0.25) is 9.80 Å². The van der Waals surface area contributed by atoms with Crippen molar-refractivity contribution in [1.82, 2.24) is 24.9 Å². The smallest absolute Gasteiger partial charge is 0.245 e. The topological polar surface area (TPSA) is 71.4 Å². The first-order valence-corrected chi connectivity index (χ1v) is 7.86. The molecule has 0 N–H and O–H groups in total. The van der Waals surface area contributed by atoms with Crippen molar-refractivity contribution >= 4 is 11.1 Å². The zero-order valence-electron chi connectivity index (χ0n) is 13.6. The number of halogens is 1. The molecule has 24 heavy (non-hydrogen) atoms. The van der Waals surface area contributed by atoms with Gasteiger partial charge in [-0.2, -0.15) is 4.98 Å². The number of rotatable bonds is 3. The van der Waals surface area contributed by atoms with E-state index in [0.29, 0.717) is 35.3 Å². The van der Waals surface area contributed by atoms with Gasteiger partial charge in [0.05, 0.1) is 6.54 Å². The van der Waals surface area contributed by atoms with Gasteiger partial charge >= 0.3 is 0 Å². The molecule has 1 fully saturated rings. The minimum atomic E-state index is -0.311. The van der Waals surface area contributed by atoms with Crippen LogP contribution in [0.1, 0.15) is 23.6 Å². The monoisotopic (exact) mass is 331 g/mol. The van der Waals surface area contributed by atoms with Crippen LogP contribution in [0.2, 0.25) is 0 Å². The maximum atomic E-state index is 13.3. The van der Waals surface area contributed by atoms with E-state index in [1.54, 1.807) is 6.07 Å². The van der Waals surface area contributed by atoms with Gasteiger partial charge in [-0.15, -0.1) is 0 Å². The van der Waals surface area contributed by atoms with Crippen LogP contribution >= 0.6 is 0 Å². The molecule has 0 spiro atoms. The van der Waals surface area contributed by atoms with Gasteiger partial charge in [-0.1, -0.05) is 5.16 Å². The van der Waals surface area contributed by atoms with E-state index in [4.69, 9.17) is 8.94 Å². The lowest BCUT2D eigenvalue weighted by Crippen LogP contribution is -2.46. The summed E-state index contributed by atoms with van der Waals surface area (Å²) in [4.78, 5) is 13.1. The van der Waals surface area contributed by atoms with Gasteiger partial charge < -0.3 is 8.94 Å². The number of aromatic nitrogens is 3. The van der Waals surface area contributed by atoms with Crippen LogP contribution in [-0.4, -0.2) is 51.6 Å². The Kier molecular flexibility index (Phi) is 3.78. The van der Waals surface area contributed by atoms with Gasteiger partial charge in [-0.25, -0.2) is 9.37 Å². The van der Waals surface area contributed by atoms with Crippen LogP contribution in [0, 0.1) is 12.7 Å². The maximum Gasteiger partial charge on any atom is 0.245 e. The molecule has 0 unspecified atom stereocenters. The molecule has 126 valence electrons. The van der Waals surface area contributed by atoms with Gasteiger partial charge in [-0.05, 0) is 26.1 Å². The van der Waals surface area contributed by atoms with Crippen molar-refractivity contribution in [3.05, 3.63) is 41.6 Å². The Labute approximate surface area is 138 Å². The van der Waals surface area contributed by atoms with E-state index in [2.05, 4.69) is 24.9 Å². The lowest BCUT2D eigenvalue weighted by molar-refractivity contribution is 0.0667. The third kappa shape index (κ3) is 2.90. The van der Waals surface area contributed by atoms with Crippen LogP contribution < -0.4 is 0 Å². The minimum absolute atomic E-state index is 0.0433. The standard InChI is InChI=1S/C16H18FN5O2/c1-10-18-16(24-20-10)13-8-22(6-5-21(13)2)9-15-19-12-7-11(17)3-4-14(12)23-15/h3-4,7,13H,5-6,8-9H2,1-2H3/t13-/m0/s1. The van der Waals surface area contributed by atoms with Crippen molar-refractivity contribution in [2.45, 2.75) is 19.5 Å². The summed E-state index contributed by atoms with van der Waals surface area (Å²) >= 11 is 0. The summed E-state index contributed by atoms with van der Waals surface area (Å²) in [5.74, 6) is 1.53. The number of fused-ring (bicyclic) bond motifs is 1. The highest BCUT2D eigenvalue weighted by atomic mass is 19.1. The maximum absolute atomic E-state index is 13.3. The number of hydrogen-bond donors (Lipinski definition) is 0. The first kappa shape index (κ1) is 15.2. The van der Waals surface area contributed by atoms with E-state index >= 15 is 0 Å². The second kappa shape index (κ2) is 5.95. The first-order chi connectivity index (χ1) is 11.6. The number of nitrogens with zero attached hydrogens (tertiary/aromatic N) is 5. The number of piperazine rings is 1. The number of likely N-dealkylation sites (N-methyl/N-ethyl adjacent to an activating group) is 1. The molecule has 7 nitrogen and oxygen atoms in total. The summed E-state index contributed by atoms with van der Waals surface area (Å²) in [7, 11) is 2.05. The normalized spacial score (nSPS) is 20.0. The van der Waals surface area contributed by atoms with Crippen molar-refractivity contribution in [2.75, 3.05) is 26.7 Å². The van der Waals surface area contributed by atoms with Crippen molar-refractivity contribution in [2.24, 2.45) is 0 Å². The number of benzene rings is 1. The highest BCUT2D eigenvalue weighted by Crippen LogP contribution is 2.24. The fourth-order valence-corrected chi connectivity index (χ4v) is 3.00. The molecular weight excluding hydrogens is 313 g/mol. The third-order valence-electron chi connectivity index (χ3n) is 4.31. The summed E-state index contributed by atoms with van der Waals surface area (Å²) < 4.78 is 24.3. The molecule has 1 atom stereocenters. The van der Waals surface area contributed by atoms with Crippen molar-refractivity contribution in [3.63, 3.8) is 0 Å². The first-order valence-electron chi connectivity index (χ1n) is 7.86. The molecule has 0 aliphatic carbocycles. The Balaban J connectivity index is 1.51. The number of hydrogen-bond acceptors (Lipinski definition) is 7.